The number of carbonyl (C=O) groups is 1. The second-order valence-corrected chi connectivity index (χ2v) is 5.89. The number of amides is 1. The van der Waals surface area contributed by atoms with Gasteiger partial charge in [-0.25, -0.2) is 0 Å². The number of hydrogen-bond donors (Lipinski definition) is 0. The summed E-state index contributed by atoms with van der Waals surface area (Å²) in [5.41, 5.74) is 0. The van der Waals surface area contributed by atoms with Gasteiger partial charge in [0.2, 0.25) is 0 Å². The Labute approximate surface area is 120 Å². The number of nitrogens with zero attached hydrogens (tertiary/aromatic N) is 1. The summed E-state index contributed by atoms with van der Waals surface area (Å²) < 4.78 is 39.3. The first-order valence-electron chi connectivity index (χ1n) is 4.89. The molecule has 0 aliphatic carbocycles. The van der Waals surface area contributed by atoms with E-state index in [0.29, 0.717) is 0 Å². The highest BCUT2D eigenvalue weighted by molar-refractivity contribution is 7.86. The van der Waals surface area contributed by atoms with Crippen LogP contribution in [-0.4, -0.2) is 39.9 Å². The number of ether oxygens (including phenoxy) is 1. The van der Waals surface area contributed by atoms with Crippen LogP contribution in [0.3, 0.4) is 0 Å². The lowest BCUT2D eigenvalue weighted by molar-refractivity contribution is -0.130. The van der Waals surface area contributed by atoms with E-state index in [1.165, 1.54) is 19.0 Å². The lowest BCUT2D eigenvalue weighted by Gasteiger charge is -2.13. The van der Waals surface area contributed by atoms with Crippen molar-refractivity contribution >= 4 is 39.3 Å². The van der Waals surface area contributed by atoms with Gasteiger partial charge >= 0.3 is 10.2 Å². The SMILES string of the molecule is CN(C)C(=O)COc1c(Cl)cc(S(=O)(=O)F)cc1Cl. The van der Waals surface area contributed by atoms with Crippen LogP contribution >= 0.6 is 23.2 Å². The smallest absolute Gasteiger partial charge is 0.332 e. The molecule has 19 heavy (non-hydrogen) atoms. The molecule has 0 saturated heterocycles. The number of likely N-dealkylation sites (N-methyl/N-ethyl adjacent to an activating group) is 1. The molecule has 5 nitrogen and oxygen atoms in total. The Morgan fingerprint density at radius 1 is 1.32 bits per heavy atom. The number of halogens is 3. The summed E-state index contributed by atoms with van der Waals surface area (Å²) >= 11 is 11.5. The van der Waals surface area contributed by atoms with Gasteiger partial charge in [-0.1, -0.05) is 23.2 Å². The Balaban J connectivity index is 3.02. The molecule has 1 amide bonds. The topological polar surface area (TPSA) is 63.7 Å². The molecule has 0 spiro atoms. The van der Waals surface area contributed by atoms with Crippen LogP contribution in [0, 0.1) is 0 Å². The Morgan fingerprint density at radius 2 is 1.79 bits per heavy atom. The highest BCUT2D eigenvalue weighted by Crippen LogP contribution is 2.36. The maximum atomic E-state index is 12.8. The molecule has 0 radical (unpaired) electrons. The molecule has 106 valence electrons. The van der Waals surface area contributed by atoms with Crippen LogP contribution in [0.4, 0.5) is 3.89 Å². The van der Waals surface area contributed by atoms with E-state index in [-0.39, 0.29) is 28.3 Å². The molecule has 0 unspecified atom stereocenters. The quantitative estimate of drug-likeness (QED) is 0.794. The molecule has 0 aliphatic rings. The molecule has 1 aromatic carbocycles. The molecule has 0 fully saturated rings. The van der Waals surface area contributed by atoms with Gasteiger partial charge in [0.1, 0.15) is 4.90 Å². The maximum absolute atomic E-state index is 12.8. The summed E-state index contributed by atoms with van der Waals surface area (Å²) in [5, 5.41) is -0.398. The first kappa shape index (κ1) is 16.0. The summed E-state index contributed by atoms with van der Waals surface area (Å²) in [6.45, 7) is -0.325. The van der Waals surface area contributed by atoms with Crippen LogP contribution in [0.25, 0.3) is 0 Å². The van der Waals surface area contributed by atoms with Gasteiger partial charge < -0.3 is 9.64 Å². The van der Waals surface area contributed by atoms with Crippen LogP contribution in [0.2, 0.25) is 10.0 Å². The first-order valence-corrected chi connectivity index (χ1v) is 7.03. The molecular weight excluding hydrogens is 320 g/mol. The fraction of sp³-hybridized carbons (Fsp3) is 0.300. The fourth-order valence-corrected chi connectivity index (χ4v) is 2.32. The Kier molecular flexibility index (Phi) is 5.00. The van der Waals surface area contributed by atoms with E-state index >= 15 is 0 Å². The monoisotopic (exact) mass is 329 g/mol. The predicted octanol–water partition coefficient (Wildman–Crippen LogP) is 2.12. The van der Waals surface area contributed by atoms with Crippen molar-refractivity contribution in [2.24, 2.45) is 0 Å². The molecule has 1 aromatic rings. The zero-order valence-electron chi connectivity index (χ0n) is 9.98. The largest absolute Gasteiger partial charge is 0.481 e. The third-order valence-corrected chi connectivity index (χ3v) is 3.45. The predicted molar refractivity (Wildman–Crippen MR) is 68.9 cm³/mol. The van der Waals surface area contributed by atoms with Crippen molar-refractivity contribution in [3.63, 3.8) is 0 Å². The number of hydrogen-bond acceptors (Lipinski definition) is 4. The van der Waals surface area contributed by atoms with E-state index in [0.717, 1.165) is 12.1 Å². The molecule has 0 N–H and O–H groups in total. The number of rotatable bonds is 4. The van der Waals surface area contributed by atoms with Gasteiger partial charge in [-0.2, -0.15) is 8.42 Å². The van der Waals surface area contributed by atoms with Crippen molar-refractivity contribution in [3.8, 4) is 5.75 Å². The van der Waals surface area contributed by atoms with Gasteiger partial charge in [-0.15, -0.1) is 3.89 Å². The van der Waals surface area contributed by atoms with Gasteiger partial charge in [0, 0.05) is 14.1 Å². The molecule has 9 heteroatoms. The van der Waals surface area contributed by atoms with Gasteiger partial charge in [0.25, 0.3) is 5.91 Å². The highest BCUT2D eigenvalue weighted by Gasteiger charge is 2.19. The fourth-order valence-electron chi connectivity index (χ4n) is 1.08. The second-order valence-electron chi connectivity index (χ2n) is 3.73. The van der Waals surface area contributed by atoms with Gasteiger partial charge in [0.15, 0.2) is 12.4 Å². The van der Waals surface area contributed by atoms with E-state index in [1.807, 2.05) is 0 Å². The summed E-state index contributed by atoms with van der Waals surface area (Å²) in [7, 11) is -1.84. The average Bonchev–Trinajstić information content (AvgIpc) is 2.25. The zero-order chi connectivity index (χ0) is 14.8. The third kappa shape index (κ3) is 4.22. The standard InChI is InChI=1S/C10H10Cl2FNO4S/c1-14(2)9(15)5-18-10-7(11)3-6(4-8(10)12)19(13,16)17/h3-4H,5H2,1-2H3. The Bertz CT molecular complexity index is 581. The van der Waals surface area contributed by atoms with E-state index < -0.39 is 15.1 Å². The van der Waals surface area contributed by atoms with Gasteiger partial charge in [0.05, 0.1) is 10.0 Å². The van der Waals surface area contributed by atoms with Crippen LogP contribution in [0.15, 0.2) is 17.0 Å². The molecule has 1 rings (SSSR count). The zero-order valence-corrected chi connectivity index (χ0v) is 12.3. The molecule has 0 bridgehead atoms. The number of carbonyl (C=O) groups excluding carboxylic acids is 1. The Hall–Kier alpha value is -1.05. The van der Waals surface area contributed by atoms with Crippen molar-refractivity contribution in [2.75, 3.05) is 20.7 Å². The van der Waals surface area contributed by atoms with Crippen LogP contribution < -0.4 is 4.74 Å². The Morgan fingerprint density at radius 3 is 2.16 bits per heavy atom. The maximum Gasteiger partial charge on any atom is 0.332 e. The van der Waals surface area contributed by atoms with Crippen LogP contribution in [0.5, 0.6) is 5.75 Å². The van der Waals surface area contributed by atoms with Gasteiger partial charge in [-0.3, -0.25) is 4.79 Å². The minimum Gasteiger partial charge on any atom is -0.481 e. The summed E-state index contributed by atoms with van der Waals surface area (Å²) in [4.78, 5) is 11.9. The summed E-state index contributed by atoms with van der Waals surface area (Å²) in [6, 6.07) is 1.72. The average molecular weight is 330 g/mol. The minimum atomic E-state index is -4.91. The summed E-state index contributed by atoms with van der Waals surface area (Å²) in [5.74, 6) is -0.416. The first-order chi connectivity index (χ1) is 8.62. The molecule has 0 aromatic heterocycles. The summed E-state index contributed by atoms with van der Waals surface area (Å²) in [6.07, 6.45) is 0. The molecule has 0 saturated carbocycles. The van der Waals surface area contributed by atoms with E-state index in [1.54, 1.807) is 0 Å². The molecule has 0 aliphatic heterocycles. The third-order valence-electron chi connectivity index (χ3n) is 2.09. The molecule has 0 atom stereocenters. The lowest BCUT2D eigenvalue weighted by atomic mass is 10.3. The van der Waals surface area contributed by atoms with Crippen molar-refractivity contribution in [2.45, 2.75) is 4.90 Å². The highest BCUT2D eigenvalue weighted by atomic mass is 35.5. The van der Waals surface area contributed by atoms with Crippen LogP contribution in [0.1, 0.15) is 0 Å². The second kappa shape index (κ2) is 5.94. The lowest BCUT2D eigenvalue weighted by Crippen LogP contribution is -2.27. The minimum absolute atomic E-state index is 0.0778. The molecule has 0 heterocycles. The molecular formula is C10H10Cl2FNO4S. The van der Waals surface area contributed by atoms with Crippen molar-refractivity contribution < 1.29 is 21.8 Å². The van der Waals surface area contributed by atoms with E-state index in [4.69, 9.17) is 27.9 Å². The van der Waals surface area contributed by atoms with Crippen LogP contribution in [-0.2, 0) is 15.0 Å². The normalized spacial score (nSPS) is 11.2. The van der Waals surface area contributed by atoms with Crippen molar-refractivity contribution in [1.82, 2.24) is 4.90 Å². The van der Waals surface area contributed by atoms with Crippen molar-refractivity contribution in [3.05, 3.63) is 22.2 Å². The van der Waals surface area contributed by atoms with E-state index in [2.05, 4.69) is 0 Å². The van der Waals surface area contributed by atoms with E-state index in [9.17, 15) is 17.1 Å². The van der Waals surface area contributed by atoms with Crippen molar-refractivity contribution in [1.29, 1.82) is 0 Å². The number of benzene rings is 1. The van der Waals surface area contributed by atoms with Gasteiger partial charge in [-0.05, 0) is 12.1 Å².